The third-order valence-electron chi connectivity index (χ3n) is 5.77. The number of hydrogen-bond acceptors (Lipinski definition) is 4. The van der Waals surface area contributed by atoms with Crippen molar-refractivity contribution in [1.82, 2.24) is 15.3 Å². The van der Waals surface area contributed by atoms with Crippen molar-refractivity contribution in [1.29, 1.82) is 0 Å². The first kappa shape index (κ1) is 18.6. The summed E-state index contributed by atoms with van der Waals surface area (Å²) < 4.78 is 6.19. The summed E-state index contributed by atoms with van der Waals surface area (Å²) in [6.07, 6.45) is 10.4. The molecule has 2 aliphatic rings. The molecule has 0 bridgehead atoms. The summed E-state index contributed by atoms with van der Waals surface area (Å²) in [6, 6.07) is 12.5. The molecule has 0 saturated heterocycles. The van der Waals surface area contributed by atoms with Gasteiger partial charge in [0.05, 0.1) is 11.1 Å². The van der Waals surface area contributed by atoms with Gasteiger partial charge in [-0.2, -0.15) is 0 Å². The number of halogens is 1. The Morgan fingerprint density at radius 2 is 1.97 bits per heavy atom. The summed E-state index contributed by atoms with van der Waals surface area (Å²) in [6.45, 7) is 2.69. The van der Waals surface area contributed by atoms with E-state index >= 15 is 0 Å². The van der Waals surface area contributed by atoms with E-state index in [1.807, 2.05) is 31.5 Å². The second kappa shape index (κ2) is 7.43. The van der Waals surface area contributed by atoms with Crippen LogP contribution in [0.2, 0.25) is 5.02 Å². The Balaban J connectivity index is 1.46. The third kappa shape index (κ3) is 3.87. The third-order valence-corrected chi connectivity index (χ3v) is 6.11. The number of benzene rings is 1. The molecule has 3 aromatic rings. The van der Waals surface area contributed by atoms with Crippen molar-refractivity contribution in [3.8, 4) is 16.9 Å². The zero-order chi connectivity index (χ0) is 19.8. The highest BCUT2D eigenvalue weighted by atomic mass is 35.5. The summed E-state index contributed by atoms with van der Waals surface area (Å²) >= 11 is 6.36. The van der Waals surface area contributed by atoms with Crippen molar-refractivity contribution < 1.29 is 4.74 Å². The molecule has 0 atom stereocenters. The van der Waals surface area contributed by atoms with Gasteiger partial charge in [-0.1, -0.05) is 29.8 Å². The molecule has 29 heavy (non-hydrogen) atoms. The SMILES string of the molecule is Cc1cc(CNC2(c3cnccc3-c3ccccc3OC3CC3)CC2)c(Cl)cn1. The number of nitrogens with one attached hydrogen (secondary N) is 1. The molecule has 2 heterocycles. The van der Waals surface area contributed by atoms with Gasteiger partial charge in [0, 0.05) is 41.9 Å². The molecule has 5 heteroatoms. The van der Waals surface area contributed by atoms with Gasteiger partial charge in [-0.3, -0.25) is 9.97 Å². The molecule has 2 saturated carbocycles. The highest BCUT2D eigenvalue weighted by Crippen LogP contribution is 2.50. The molecular formula is C24H24ClN3O. The number of hydrogen-bond donors (Lipinski definition) is 1. The topological polar surface area (TPSA) is 47.0 Å². The van der Waals surface area contributed by atoms with Crippen molar-refractivity contribution in [3.63, 3.8) is 0 Å². The lowest BCUT2D eigenvalue weighted by atomic mass is 9.94. The predicted octanol–water partition coefficient (Wildman–Crippen LogP) is 5.43. The largest absolute Gasteiger partial charge is 0.490 e. The number of para-hydroxylation sites is 1. The zero-order valence-corrected chi connectivity index (χ0v) is 17.2. The van der Waals surface area contributed by atoms with Gasteiger partial charge in [-0.05, 0) is 67.5 Å². The smallest absolute Gasteiger partial charge is 0.127 e. The Morgan fingerprint density at radius 1 is 1.14 bits per heavy atom. The number of ether oxygens (including phenoxy) is 1. The van der Waals surface area contributed by atoms with Crippen LogP contribution in [0.25, 0.3) is 11.1 Å². The summed E-state index contributed by atoms with van der Waals surface area (Å²) in [4.78, 5) is 8.72. The van der Waals surface area contributed by atoms with E-state index in [-0.39, 0.29) is 5.54 Å². The Kier molecular flexibility index (Phi) is 4.76. The lowest BCUT2D eigenvalue weighted by Crippen LogP contribution is -2.29. The van der Waals surface area contributed by atoms with Gasteiger partial charge in [0.25, 0.3) is 0 Å². The van der Waals surface area contributed by atoms with E-state index in [0.29, 0.717) is 17.7 Å². The van der Waals surface area contributed by atoms with Gasteiger partial charge in [0.2, 0.25) is 0 Å². The van der Waals surface area contributed by atoms with Gasteiger partial charge >= 0.3 is 0 Å². The van der Waals surface area contributed by atoms with Crippen LogP contribution in [0.3, 0.4) is 0 Å². The van der Waals surface area contributed by atoms with Crippen LogP contribution in [-0.4, -0.2) is 16.1 Å². The second-order valence-electron chi connectivity index (χ2n) is 8.09. The fourth-order valence-corrected chi connectivity index (χ4v) is 4.00. The van der Waals surface area contributed by atoms with E-state index in [1.54, 1.807) is 6.20 Å². The van der Waals surface area contributed by atoms with E-state index < -0.39 is 0 Å². The average molecular weight is 406 g/mol. The van der Waals surface area contributed by atoms with Gasteiger partial charge in [0.1, 0.15) is 5.75 Å². The minimum Gasteiger partial charge on any atom is -0.490 e. The normalized spacial score (nSPS) is 17.2. The Bertz CT molecular complexity index is 1040. The first-order chi connectivity index (χ1) is 14.1. The van der Waals surface area contributed by atoms with E-state index in [2.05, 4.69) is 39.6 Å². The van der Waals surface area contributed by atoms with Gasteiger partial charge in [0.15, 0.2) is 0 Å². The Morgan fingerprint density at radius 3 is 2.76 bits per heavy atom. The van der Waals surface area contributed by atoms with Crippen LogP contribution in [0.1, 0.15) is 42.5 Å². The fraction of sp³-hybridized carbons (Fsp3) is 0.333. The highest BCUT2D eigenvalue weighted by molar-refractivity contribution is 6.31. The minimum absolute atomic E-state index is 0.0726. The number of rotatable bonds is 7. The molecule has 1 N–H and O–H groups in total. The van der Waals surface area contributed by atoms with Crippen LogP contribution in [-0.2, 0) is 12.1 Å². The molecule has 4 nitrogen and oxygen atoms in total. The Labute approximate surface area is 176 Å². The van der Waals surface area contributed by atoms with Crippen LogP contribution < -0.4 is 10.1 Å². The van der Waals surface area contributed by atoms with Gasteiger partial charge in [-0.15, -0.1) is 0 Å². The summed E-state index contributed by atoms with van der Waals surface area (Å²) in [7, 11) is 0. The molecule has 0 spiro atoms. The molecule has 2 aromatic heterocycles. The molecule has 0 aliphatic heterocycles. The molecule has 2 fully saturated rings. The number of aryl methyl sites for hydroxylation is 1. The standard InChI is InChI=1S/C24H24ClN3O/c1-16-12-17(22(25)15-27-16)13-28-24(9-10-24)21-14-26-11-8-19(21)20-4-2-3-5-23(20)29-18-6-7-18/h2-5,8,11-12,14-15,18,28H,6-7,9-10,13H2,1H3. The van der Waals surface area contributed by atoms with Crippen molar-refractivity contribution >= 4 is 11.6 Å². The maximum Gasteiger partial charge on any atom is 0.127 e. The number of aromatic nitrogens is 2. The molecular weight excluding hydrogens is 382 g/mol. The summed E-state index contributed by atoms with van der Waals surface area (Å²) in [5.41, 5.74) is 5.55. The van der Waals surface area contributed by atoms with E-state index in [4.69, 9.17) is 16.3 Å². The second-order valence-corrected chi connectivity index (χ2v) is 8.49. The van der Waals surface area contributed by atoms with Crippen LogP contribution in [0, 0.1) is 6.92 Å². The number of pyridine rings is 2. The fourth-order valence-electron chi connectivity index (χ4n) is 3.83. The zero-order valence-electron chi connectivity index (χ0n) is 16.5. The predicted molar refractivity (Wildman–Crippen MR) is 115 cm³/mol. The highest BCUT2D eigenvalue weighted by Gasteiger charge is 2.45. The number of nitrogens with zero attached hydrogens (tertiary/aromatic N) is 2. The van der Waals surface area contributed by atoms with E-state index in [9.17, 15) is 0 Å². The van der Waals surface area contributed by atoms with Crippen LogP contribution in [0.5, 0.6) is 5.75 Å². The molecule has 148 valence electrons. The lowest BCUT2D eigenvalue weighted by molar-refractivity contribution is 0.304. The molecule has 5 rings (SSSR count). The monoisotopic (exact) mass is 405 g/mol. The van der Waals surface area contributed by atoms with E-state index in [0.717, 1.165) is 48.3 Å². The van der Waals surface area contributed by atoms with Crippen LogP contribution >= 0.6 is 11.6 Å². The molecule has 0 radical (unpaired) electrons. The van der Waals surface area contributed by atoms with Crippen molar-refractivity contribution in [2.24, 2.45) is 0 Å². The van der Waals surface area contributed by atoms with Crippen molar-refractivity contribution in [3.05, 3.63) is 76.8 Å². The molecule has 1 aromatic carbocycles. The van der Waals surface area contributed by atoms with Crippen LogP contribution in [0.15, 0.2) is 55.0 Å². The lowest BCUT2D eigenvalue weighted by Gasteiger charge is -2.22. The van der Waals surface area contributed by atoms with Gasteiger partial charge < -0.3 is 10.1 Å². The maximum atomic E-state index is 6.36. The molecule has 2 aliphatic carbocycles. The van der Waals surface area contributed by atoms with Gasteiger partial charge in [-0.25, -0.2) is 0 Å². The first-order valence-corrected chi connectivity index (χ1v) is 10.6. The van der Waals surface area contributed by atoms with Crippen LogP contribution in [0.4, 0.5) is 0 Å². The first-order valence-electron chi connectivity index (χ1n) is 10.2. The van der Waals surface area contributed by atoms with E-state index in [1.165, 1.54) is 11.1 Å². The Hall–Kier alpha value is -2.43. The van der Waals surface area contributed by atoms with Crippen molar-refractivity contribution in [2.75, 3.05) is 0 Å². The summed E-state index contributed by atoms with van der Waals surface area (Å²) in [5, 5.41) is 4.46. The maximum absolute atomic E-state index is 6.36. The quantitative estimate of drug-likeness (QED) is 0.569. The van der Waals surface area contributed by atoms with Crippen molar-refractivity contribution in [2.45, 2.75) is 50.8 Å². The molecule has 0 unspecified atom stereocenters. The minimum atomic E-state index is -0.0726. The molecule has 0 amide bonds. The average Bonchev–Trinajstić information content (AvgIpc) is 3.66. The summed E-state index contributed by atoms with van der Waals surface area (Å²) in [5.74, 6) is 0.964.